The van der Waals surface area contributed by atoms with E-state index in [1.807, 2.05) is 24.3 Å². The molecule has 202 valence electrons. The number of benzene rings is 2. The largest absolute Gasteiger partial charge is 0.444 e. The van der Waals surface area contributed by atoms with E-state index < -0.39 is 20.9 Å². The summed E-state index contributed by atoms with van der Waals surface area (Å²) >= 11 is 1.10. The van der Waals surface area contributed by atoms with Crippen molar-refractivity contribution in [1.29, 1.82) is 0 Å². The van der Waals surface area contributed by atoms with Crippen LogP contribution in [0.1, 0.15) is 28.1 Å². The summed E-state index contributed by atoms with van der Waals surface area (Å²) in [5.74, 6) is 0.205. The van der Waals surface area contributed by atoms with Gasteiger partial charge in [-0.1, -0.05) is 18.2 Å². The molecule has 11 nitrogen and oxygen atoms in total. The van der Waals surface area contributed by atoms with Gasteiger partial charge in [-0.2, -0.15) is 4.31 Å². The maximum Gasteiger partial charge on any atom is 0.270 e. The van der Waals surface area contributed by atoms with Crippen LogP contribution in [0.4, 0.5) is 11.4 Å². The summed E-state index contributed by atoms with van der Waals surface area (Å²) in [6.45, 7) is 0.887. The highest BCUT2D eigenvalue weighted by molar-refractivity contribution is 7.91. The number of anilines is 1. The maximum absolute atomic E-state index is 13.3. The highest BCUT2D eigenvalue weighted by Crippen LogP contribution is 2.29. The van der Waals surface area contributed by atoms with E-state index in [-0.39, 0.29) is 28.0 Å². The summed E-state index contributed by atoms with van der Waals surface area (Å²) in [4.78, 5) is 27.4. The van der Waals surface area contributed by atoms with Crippen molar-refractivity contribution >= 4 is 38.6 Å². The Morgan fingerprint density at radius 3 is 2.67 bits per heavy atom. The van der Waals surface area contributed by atoms with E-state index in [2.05, 4.69) is 15.6 Å². The number of amides is 1. The SMILES string of the molecule is O=C(NCc1ccc(S(=O)(=O)N2CCC(Nc3cccc(-c4cnco4)c3)CC2)s1)c1cccc([N+](=O)[O-])c1. The molecule has 2 N–H and O–H groups in total. The van der Waals surface area contributed by atoms with Crippen LogP contribution in [0.2, 0.25) is 0 Å². The number of hydrogen-bond acceptors (Lipinski definition) is 9. The maximum atomic E-state index is 13.3. The molecule has 0 aliphatic carbocycles. The zero-order valence-electron chi connectivity index (χ0n) is 20.6. The average molecular weight is 568 g/mol. The number of carbonyl (C=O) groups excluding carboxylic acids is 1. The molecule has 0 bridgehead atoms. The highest BCUT2D eigenvalue weighted by atomic mass is 32.2. The van der Waals surface area contributed by atoms with Crippen molar-refractivity contribution in [2.45, 2.75) is 29.6 Å². The number of piperidine rings is 1. The lowest BCUT2D eigenvalue weighted by Crippen LogP contribution is -2.42. The summed E-state index contributed by atoms with van der Waals surface area (Å²) < 4.78 is 33.6. The Balaban J connectivity index is 1.15. The van der Waals surface area contributed by atoms with E-state index in [1.165, 1.54) is 35.0 Å². The number of non-ortho nitro benzene ring substituents is 1. The van der Waals surface area contributed by atoms with Crippen LogP contribution in [0, 0.1) is 10.1 Å². The second-order valence-corrected chi connectivity index (χ2v) is 12.3. The molecule has 0 atom stereocenters. The van der Waals surface area contributed by atoms with Crippen LogP contribution < -0.4 is 10.6 Å². The predicted octanol–water partition coefficient (Wildman–Crippen LogP) is 4.51. The molecule has 0 spiro atoms. The van der Waals surface area contributed by atoms with Crippen LogP contribution in [0.3, 0.4) is 0 Å². The molecule has 1 aliphatic heterocycles. The zero-order valence-corrected chi connectivity index (χ0v) is 22.3. The summed E-state index contributed by atoms with van der Waals surface area (Å²) in [5, 5.41) is 17.1. The molecule has 2 aromatic heterocycles. The molecule has 39 heavy (non-hydrogen) atoms. The Labute approximate surface area is 228 Å². The number of rotatable bonds is 9. The minimum atomic E-state index is -3.66. The van der Waals surface area contributed by atoms with E-state index in [9.17, 15) is 23.3 Å². The third kappa shape index (κ3) is 6.16. The Kier molecular flexibility index (Phi) is 7.72. The van der Waals surface area contributed by atoms with Crippen LogP contribution in [0.5, 0.6) is 0 Å². The second kappa shape index (κ2) is 11.4. The van der Waals surface area contributed by atoms with E-state index in [0.717, 1.165) is 22.6 Å². The molecule has 5 rings (SSSR count). The third-order valence-electron chi connectivity index (χ3n) is 6.38. The molecule has 1 aliphatic rings. The normalized spacial score (nSPS) is 14.7. The number of nitro groups is 1. The monoisotopic (exact) mass is 567 g/mol. The fourth-order valence-corrected chi connectivity index (χ4v) is 7.27. The van der Waals surface area contributed by atoms with Gasteiger partial charge in [0.05, 0.1) is 17.7 Å². The first-order valence-electron chi connectivity index (χ1n) is 12.2. The quantitative estimate of drug-likeness (QED) is 0.222. The van der Waals surface area contributed by atoms with E-state index in [4.69, 9.17) is 4.42 Å². The molecular formula is C26H25N5O6S2. The van der Waals surface area contributed by atoms with Gasteiger partial charge in [0.2, 0.25) is 0 Å². The number of carbonyl (C=O) groups is 1. The van der Waals surface area contributed by atoms with E-state index >= 15 is 0 Å². The Morgan fingerprint density at radius 2 is 1.92 bits per heavy atom. The van der Waals surface area contributed by atoms with E-state index in [0.29, 0.717) is 36.6 Å². The smallest absolute Gasteiger partial charge is 0.270 e. The van der Waals surface area contributed by atoms with Crippen molar-refractivity contribution in [1.82, 2.24) is 14.6 Å². The molecule has 3 heterocycles. The van der Waals surface area contributed by atoms with Crippen LogP contribution in [0.25, 0.3) is 11.3 Å². The van der Waals surface area contributed by atoms with Crippen LogP contribution in [0.15, 0.2) is 81.9 Å². The molecule has 4 aromatic rings. The van der Waals surface area contributed by atoms with Gasteiger partial charge in [-0.3, -0.25) is 14.9 Å². The van der Waals surface area contributed by atoms with Crippen molar-refractivity contribution in [3.63, 3.8) is 0 Å². The van der Waals surface area contributed by atoms with Gasteiger partial charge in [-0.25, -0.2) is 13.4 Å². The van der Waals surface area contributed by atoms with Crippen LogP contribution >= 0.6 is 11.3 Å². The number of sulfonamides is 1. The molecule has 1 saturated heterocycles. The van der Waals surface area contributed by atoms with Gasteiger partial charge in [-0.05, 0) is 43.2 Å². The third-order valence-corrected chi connectivity index (χ3v) is 9.83. The predicted molar refractivity (Wildman–Crippen MR) is 146 cm³/mol. The van der Waals surface area contributed by atoms with Crippen molar-refractivity contribution in [3.05, 3.63) is 93.8 Å². The lowest BCUT2D eigenvalue weighted by atomic mass is 10.1. The Morgan fingerprint density at radius 1 is 1.13 bits per heavy atom. The molecule has 1 amide bonds. The van der Waals surface area contributed by atoms with Gasteiger partial charge < -0.3 is 15.1 Å². The number of thiophene rings is 1. The van der Waals surface area contributed by atoms with Gasteiger partial charge in [0.1, 0.15) is 4.21 Å². The molecule has 0 unspecified atom stereocenters. The van der Waals surface area contributed by atoms with Crippen molar-refractivity contribution in [3.8, 4) is 11.3 Å². The number of nitrogens with one attached hydrogen (secondary N) is 2. The average Bonchev–Trinajstić information content (AvgIpc) is 3.66. The van der Waals surface area contributed by atoms with Crippen LogP contribution in [-0.4, -0.2) is 47.7 Å². The minimum absolute atomic E-state index is 0.112. The Bertz CT molecular complexity index is 1580. The minimum Gasteiger partial charge on any atom is -0.444 e. The highest BCUT2D eigenvalue weighted by Gasteiger charge is 2.30. The Hall–Kier alpha value is -4.07. The number of oxazole rings is 1. The molecule has 13 heteroatoms. The molecule has 0 saturated carbocycles. The summed E-state index contributed by atoms with van der Waals surface area (Å²) in [5.41, 5.74) is 1.83. The van der Waals surface area contributed by atoms with Crippen molar-refractivity contribution in [2.75, 3.05) is 18.4 Å². The fourth-order valence-electron chi connectivity index (χ4n) is 4.35. The molecule has 0 radical (unpaired) electrons. The van der Waals surface area contributed by atoms with Crippen molar-refractivity contribution in [2.24, 2.45) is 0 Å². The molecule has 1 fully saturated rings. The topological polar surface area (TPSA) is 148 Å². The summed E-state index contributed by atoms with van der Waals surface area (Å²) in [7, 11) is -3.66. The molecule has 2 aromatic carbocycles. The number of nitro benzene ring substituents is 1. The summed E-state index contributed by atoms with van der Waals surface area (Å²) in [6.07, 6.45) is 4.36. The van der Waals surface area contributed by atoms with Gasteiger partial charge in [-0.15, -0.1) is 11.3 Å². The number of aromatic nitrogens is 1. The fraction of sp³-hybridized carbons (Fsp3) is 0.231. The first kappa shape index (κ1) is 26.5. The van der Waals surface area contributed by atoms with Crippen molar-refractivity contribution < 1.29 is 22.6 Å². The first-order valence-corrected chi connectivity index (χ1v) is 14.4. The van der Waals surface area contributed by atoms with Gasteiger partial charge >= 0.3 is 0 Å². The van der Waals surface area contributed by atoms with E-state index in [1.54, 1.807) is 18.3 Å². The van der Waals surface area contributed by atoms with Crippen LogP contribution in [-0.2, 0) is 16.6 Å². The standard InChI is InChI=1S/C26H25N5O6S2/c32-26(19-4-2-6-22(14-19)31(33)34)28-15-23-7-8-25(38-23)39(35,36)30-11-9-20(10-12-30)29-21-5-1-3-18(13-21)24-16-27-17-37-24/h1-8,13-14,16-17,20,29H,9-12,15H2,(H,28,32). The number of hydrogen-bond donors (Lipinski definition) is 2. The van der Waals surface area contributed by atoms with Gasteiger partial charge in [0.25, 0.3) is 21.6 Å². The first-order chi connectivity index (χ1) is 18.8. The van der Waals surface area contributed by atoms with Gasteiger partial charge in [0.15, 0.2) is 12.2 Å². The summed E-state index contributed by atoms with van der Waals surface area (Å²) in [6, 6.07) is 16.6. The van der Waals surface area contributed by atoms with Gasteiger partial charge in [0, 0.05) is 53.0 Å². The second-order valence-electron chi connectivity index (χ2n) is 8.98. The lowest BCUT2D eigenvalue weighted by Gasteiger charge is -2.31. The molecular weight excluding hydrogens is 542 g/mol. The lowest BCUT2D eigenvalue weighted by molar-refractivity contribution is -0.384. The zero-order chi connectivity index (χ0) is 27.4. The number of nitrogens with zero attached hydrogens (tertiary/aromatic N) is 3.